The second-order valence-corrected chi connectivity index (χ2v) is 7.21. The van der Waals surface area contributed by atoms with Crippen LogP contribution < -0.4 is 10.1 Å². The molecule has 1 N–H and O–H groups in total. The maximum atomic E-state index is 14.4. The first-order chi connectivity index (χ1) is 14.9. The molecule has 0 amide bonds. The van der Waals surface area contributed by atoms with E-state index in [1.165, 1.54) is 18.2 Å². The number of anilines is 1. The fourth-order valence-corrected chi connectivity index (χ4v) is 3.40. The van der Waals surface area contributed by atoms with Crippen LogP contribution in [0.5, 0.6) is 5.75 Å². The number of hydrogen-bond donors (Lipinski definition) is 1. The molecule has 0 fully saturated rings. The molecule has 0 aliphatic carbocycles. The molecule has 0 unspecified atom stereocenters. The average Bonchev–Trinajstić information content (AvgIpc) is 2.74. The number of aryl methyl sites for hydroxylation is 1. The Morgan fingerprint density at radius 2 is 1.84 bits per heavy atom. The number of carbonyl (C=O) groups is 1. The average molecular weight is 446 g/mol. The third-order valence-corrected chi connectivity index (χ3v) is 5.00. The number of nitrogens with one attached hydrogen (secondary N) is 1. The molecule has 162 valence electrons. The maximum absolute atomic E-state index is 14.4. The lowest BCUT2D eigenvalue weighted by atomic mass is 10.0. The van der Waals surface area contributed by atoms with Crippen LogP contribution in [0.3, 0.4) is 0 Å². The Balaban J connectivity index is 1.78. The highest BCUT2D eigenvalue weighted by atomic mass is 35.5. The van der Waals surface area contributed by atoms with Gasteiger partial charge in [-0.15, -0.1) is 0 Å². The lowest BCUT2D eigenvalue weighted by molar-refractivity contribution is -0.145. The first-order valence-electron chi connectivity index (χ1n) is 9.74. The fraction of sp³-hybridized carbons (Fsp3) is 0.208. The Morgan fingerprint density at radius 3 is 2.58 bits per heavy atom. The van der Waals surface area contributed by atoms with Gasteiger partial charge in [0.25, 0.3) is 0 Å². The van der Waals surface area contributed by atoms with Gasteiger partial charge in [0.15, 0.2) is 6.61 Å². The Hall–Kier alpha value is -3.12. The Bertz CT molecular complexity index is 1090. The van der Waals surface area contributed by atoms with Crippen LogP contribution in [0, 0.1) is 18.6 Å². The zero-order valence-electron chi connectivity index (χ0n) is 17.2. The van der Waals surface area contributed by atoms with Crippen molar-refractivity contribution in [2.45, 2.75) is 20.4 Å². The zero-order chi connectivity index (χ0) is 22.4. The summed E-state index contributed by atoms with van der Waals surface area (Å²) in [5.41, 5.74) is 3.15. The van der Waals surface area contributed by atoms with Crippen LogP contribution in [0.1, 0.15) is 18.1 Å². The van der Waals surface area contributed by atoms with Gasteiger partial charge in [0, 0.05) is 12.1 Å². The monoisotopic (exact) mass is 445 g/mol. The minimum Gasteiger partial charge on any atom is -0.480 e. The van der Waals surface area contributed by atoms with E-state index < -0.39 is 11.8 Å². The standard InChI is InChI=1S/C24H22ClF2NO3/c1-3-30-22(29)14-31-21-10-7-15(2)24(23(21)25)28-13-18-11-17(8-9-20(18)27)16-5-4-6-19(26)12-16/h4-12,28H,3,13-14H2,1-2H3. The van der Waals surface area contributed by atoms with Crippen molar-refractivity contribution in [1.29, 1.82) is 0 Å². The minimum atomic E-state index is -0.495. The highest BCUT2D eigenvalue weighted by Gasteiger charge is 2.14. The van der Waals surface area contributed by atoms with E-state index in [2.05, 4.69) is 5.32 Å². The molecule has 0 aliphatic heterocycles. The van der Waals surface area contributed by atoms with Crippen LogP contribution >= 0.6 is 11.6 Å². The summed E-state index contributed by atoms with van der Waals surface area (Å²) < 4.78 is 38.2. The molecule has 0 aliphatic rings. The van der Waals surface area contributed by atoms with Crippen molar-refractivity contribution in [2.24, 2.45) is 0 Å². The lowest BCUT2D eigenvalue weighted by Gasteiger charge is -2.16. The van der Waals surface area contributed by atoms with Gasteiger partial charge in [0.2, 0.25) is 0 Å². The highest BCUT2D eigenvalue weighted by molar-refractivity contribution is 6.34. The first kappa shape index (κ1) is 22.6. The minimum absolute atomic E-state index is 0.150. The highest BCUT2D eigenvalue weighted by Crippen LogP contribution is 2.35. The van der Waals surface area contributed by atoms with Crippen LogP contribution in [0.15, 0.2) is 54.6 Å². The summed E-state index contributed by atoms with van der Waals surface area (Å²) in [4.78, 5) is 11.5. The van der Waals surface area contributed by atoms with E-state index in [1.54, 1.807) is 43.3 Å². The van der Waals surface area contributed by atoms with E-state index in [0.717, 1.165) is 5.56 Å². The molecule has 31 heavy (non-hydrogen) atoms. The van der Waals surface area contributed by atoms with Crippen molar-refractivity contribution in [1.82, 2.24) is 0 Å². The molecule has 0 atom stereocenters. The quantitative estimate of drug-likeness (QED) is 0.422. The van der Waals surface area contributed by atoms with Crippen molar-refractivity contribution in [3.05, 3.63) is 82.4 Å². The van der Waals surface area contributed by atoms with Gasteiger partial charge >= 0.3 is 5.97 Å². The molecule has 0 saturated heterocycles. The van der Waals surface area contributed by atoms with Crippen molar-refractivity contribution in [3.63, 3.8) is 0 Å². The van der Waals surface area contributed by atoms with Gasteiger partial charge in [-0.1, -0.05) is 35.9 Å². The topological polar surface area (TPSA) is 47.6 Å². The molecule has 0 bridgehead atoms. The Labute approximate surface area is 184 Å². The van der Waals surface area contributed by atoms with Gasteiger partial charge in [0.1, 0.15) is 22.4 Å². The summed E-state index contributed by atoms with van der Waals surface area (Å²) in [5, 5.41) is 3.42. The van der Waals surface area contributed by atoms with Crippen molar-refractivity contribution in [2.75, 3.05) is 18.5 Å². The SMILES string of the molecule is CCOC(=O)COc1ccc(C)c(NCc2cc(-c3cccc(F)c3)ccc2F)c1Cl. The second kappa shape index (κ2) is 10.3. The maximum Gasteiger partial charge on any atom is 0.344 e. The van der Waals surface area contributed by atoms with E-state index in [0.29, 0.717) is 28.1 Å². The Kier molecular flexibility index (Phi) is 7.47. The number of rotatable bonds is 8. The normalized spacial score (nSPS) is 10.6. The van der Waals surface area contributed by atoms with Crippen LogP contribution in [0.4, 0.5) is 14.5 Å². The molecule has 3 rings (SSSR count). The molecule has 0 heterocycles. The van der Waals surface area contributed by atoms with E-state index in [9.17, 15) is 13.6 Å². The summed E-state index contributed by atoms with van der Waals surface area (Å²) >= 11 is 6.45. The van der Waals surface area contributed by atoms with Gasteiger partial charge in [-0.2, -0.15) is 0 Å². The van der Waals surface area contributed by atoms with Gasteiger partial charge in [-0.25, -0.2) is 13.6 Å². The number of ether oxygens (including phenoxy) is 2. The third-order valence-electron chi connectivity index (χ3n) is 4.62. The number of benzene rings is 3. The first-order valence-corrected chi connectivity index (χ1v) is 10.1. The summed E-state index contributed by atoms with van der Waals surface area (Å²) in [5.74, 6) is -0.929. The smallest absolute Gasteiger partial charge is 0.344 e. The molecule has 3 aromatic carbocycles. The van der Waals surface area contributed by atoms with Crippen LogP contribution in [0.2, 0.25) is 5.02 Å². The van der Waals surface area contributed by atoms with Crippen molar-refractivity contribution >= 4 is 23.3 Å². The van der Waals surface area contributed by atoms with E-state index in [-0.39, 0.29) is 30.6 Å². The largest absolute Gasteiger partial charge is 0.480 e. The molecule has 0 aromatic heterocycles. The van der Waals surface area contributed by atoms with Gasteiger partial charge in [-0.05, 0) is 60.9 Å². The molecule has 3 aromatic rings. The second-order valence-electron chi connectivity index (χ2n) is 6.83. The van der Waals surface area contributed by atoms with Gasteiger partial charge in [0.05, 0.1) is 12.3 Å². The van der Waals surface area contributed by atoms with E-state index in [1.807, 2.05) is 6.92 Å². The van der Waals surface area contributed by atoms with Crippen molar-refractivity contribution in [3.8, 4) is 16.9 Å². The van der Waals surface area contributed by atoms with E-state index in [4.69, 9.17) is 21.1 Å². The lowest BCUT2D eigenvalue weighted by Crippen LogP contribution is -2.15. The summed E-state index contributed by atoms with van der Waals surface area (Å²) in [6.07, 6.45) is 0. The van der Waals surface area contributed by atoms with Crippen LogP contribution in [-0.4, -0.2) is 19.2 Å². The zero-order valence-corrected chi connectivity index (χ0v) is 17.9. The van der Waals surface area contributed by atoms with Gasteiger partial charge in [-0.3, -0.25) is 0 Å². The number of carbonyl (C=O) groups excluding carboxylic acids is 1. The van der Waals surface area contributed by atoms with Crippen LogP contribution in [0.25, 0.3) is 11.1 Å². The number of halogens is 3. The molecule has 0 radical (unpaired) electrons. The molecular weight excluding hydrogens is 424 g/mol. The number of hydrogen-bond acceptors (Lipinski definition) is 4. The van der Waals surface area contributed by atoms with Crippen LogP contribution in [-0.2, 0) is 16.1 Å². The molecule has 0 spiro atoms. The predicted molar refractivity (Wildman–Crippen MR) is 117 cm³/mol. The summed E-state index contributed by atoms with van der Waals surface area (Å²) in [6, 6.07) is 14.2. The van der Waals surface area contributed by atoms with Crippen molar-refractivity contribution < 1.29 is 23.0 Å². The van der Waals surface area contributed by atoms with Gasteiger partial charge < -0.3 is 14.8 Å². The summed E-state index contributed by atoms with van der Waals surface area (Å²) in [6.45, 7) is 3.71. The molecular formula is C24H22ClF2NO3. The molecule has 7 heteroatoms. The fourth-order valence-electron chi connectivity index (χ4n) is 3.06. The predicted octanol–water partition coefficient (Wildman–Crippen LogP) is 6.15. The number of esters is 1. The molecule has 0 saturated carbocycles. The third kappa shape index (κ3) is 5.73. The summed E-state index contributed by atoms with van der Waals surface area (Å²) in [7, 11) is 0. The Morgan fingerprint density at radius 1 is 1.06 bits per heavy atom. The molecule has 4 nitrogen and oxygen atoms in total. The van der Waals surface area contributed by atoms with E-state index >= 15 is 0 Å².